The van der Waals surface area contributed by atoms with Crippen LogP contribution in [0.1, 0.15) is 41.4 Å². The lowest BCUT2D eigenvalue weighted by atomic mass is 10.1. The fourth-order valence-electron chi connectivity index (χ4n) is 5.23. The standard InChI is InChI=1S/C28H26BrN7O4/c1-14-11-30-28(31-12-14)40-18-5-6-20-19(10-18)25(16(3)37)34-35(20)13-24(38)36-21-8-17(21)9-22(36)27(39)33-26-15(2)4-7-23(29)32-26/h4-7,10-12,17,21-22H,8-9,13H2,1-3H3,(H,32,33,39)/t17-,21-,22+/m1/s1. The third-order valence-corrected chi connectivity index (χ3v) is 7.75. The van der Waals surface area contributed by atoms with Crippen molar-refractivity contribution in [3.05, 3.63) is 64.1 Å². The number of hydrogen-bond acceptors (Lipinski definition) is 8. The van der Waals surface area contributed by atoms with Gasteiger partial charge in [0.1, 0.15) is 34.5 Å². The predicted molar refractivity (Wildman–Crippen MR) is 149 cm³/mol. The topological polar surface area (TPSA) is 132 Å². The van der Waals surface area contributed by atoms with Gasteiger partial charge in [-0.25, -0.2) is 15.0 Å². The van der Waals surface area contributed by atoms with Crippen LogP contribution in [0, 0.1) is 19.8 Å². The summed E-state index contributed by atoms with van der Waals surface area (Å²) in [6.07, 6.45) is 4.79. The lowest BCUT2D eigenvalue weighted by molar-refractivity contribution is -0.138. The summed E-state index contributed by atoms with van der Waals surface area (Å²) in [5.74, 6) is 0.490. The number of aryl methyl sites for hydroxylation is 2. The number of carbonyl (C=O) groups excluding carboxylic acids is 3. The molecule has 1 N–H and O–H groups in total. The van der Waals surface area contributed by atoms with Crippen LogP contribution in [-0.2, 0) is 16.1 Å². The summed E-state index contributed by atoms with van der Waals surface area (Å²) in [7, 11) is 0. The number of aromatic nitrogens is 5. The molecule has 2 amide bonds. The minimum Gasteiger partial charge on any atom is -0.424 e. The Kier molecular flexibility index (Phi) is 6.57. The first-order chi connectivity index (χ1) is 19.2. The molecule has 4 aromatic rings. The first-order valence-electron chi connectivity index (χ1n) is 12.9. The molecule has 0 bridgehead atoms. The summed E-state index contributed by atoms with van der Waals surface area (Å²) in [6.45, 7) is 5.07. The zero-order valence-electron chi connectivity index (χ0n) is 22.1. The number of carbonyl (C=O) groups is 3. The van der Waals surface area contributed by atoms with Crippen molar-refractivity contribution < 1.29 is 19.1 Å². The number of fused-ring (bicyclic) bond motifs is 2. The molecule has 1 aliphatic carbocycles. The minimum absolute atomic E-state index is 0.0310. The van der Waals surface area contributed by atoms with E-state index >= 15 is 0 Å². The van der Waals surface area contributed by atoms with Gasteiger partial charge in [0.25, 0.3) is 0 Å². The van der Waals surface area contributed by atoms with Crippen LogP contribution in [0.2, 0.25) is 0 Å². The number of amides is 2. The van der Waals surface area contributed by atoms with Crippen LogP contribution in [0.25, 0.3) is 10.9 Å². The van der Waals surface area contributed by atoms with Gasteiger partial charge in [-0.3, -0.25) is 19.1 Å². The van der Waals surface area contributed by atoms with Gasteiger partial charge in [-0.2, -0.15) is 5.10 Å². The molecule has 3 aromatic heterocycles. The normalized spacial score (nSPS) is 19.4. The molecule has 0 unspecified atom stereocenters. The van der Waals surface area contributed by atoms with Crippen molar-refractivity contribution in [2.45, 2.75) is 52.2 Å². The van der Waals surface area contributed by atoms with Gasteiger partial charge >= 0.3 is 6.01 Å². The third kappa shape index (κ3) is 4.94. The number of nitrogens with one attached hydrogen (secondary N) is 1. The Balaban J connectivity index is 1.24. The van der Waals surface area contributed by atoms with Crippen LogP contribution >= 0.6 is 15.9 Å². The minimum atomic E-state index is -0.597. The highest BCUT2D eigenvalue weighted by atomic mass is 79.9. The average Bonchev–Trinajstić information content (AvgIpc) is 3.43. The Bertz CT molecular complexity index is 1670. The Morgan fingerprint density at radius 2 is 1.88 bits per heavy atom. The molecule has 2 fully saturated rings. The molecule has 1 aromatic carbocycles. The van der Waals surface area contributed by atoms with Crippen LogP contribution in [0.5, 0.6) is 11.8 Å². The number of pyridine rings is 1. The second-order valence-corrected chi connectivity index (χ2v) is 11.1. The molecule has 4 heterocycles. The molecule has 11 nitrogen and oxygen atoms in total. The van der Waals surface area contributed by atoms with E-state index in [0.29, 0.717) is 39.4 Å². The zero-order valence-corrected chi connectivity index (χ0v) is 23.7. The SMILES string of the molecule is CC(=O)c1nn(CC(=O)N2[C@@H]3C[C@@H]3C[C@H]2C(=O)Nc2nc(Br)ccc2C)c2ccc(Oc3ncc(C)cn3)cc12. The number of Topliss-reactive ketones (excluding diaryl/α,β-unsaturated/α-hetero) is 1. The summed E-state index contributed by atoms with van der Waals surface area (Å²) in [4.78, 5) is 53.7. The maximum Gasteiger partial charge on any atom is 0.321 e. The molecule has 1 saturated carbocycles. The van der Waals surface area contributed by atoms with Crippen molar-refractivity contribution in [3.8, 4) is 11.8 Å². The summed E-state index contributed by atoms with van der Waals surface area (Å²) in [5.41, 5.74) is 2.57. The number of hydrogen-bond donors (Lipinski definition) is 1. The number of ether oxygens (including phenoxy) is 1. The number of likely N-dealkylation sites (tertiary alicyclic amines) is 1. The van der Waals surface area contributed by atoms with Crippen LogP contribution in [0.3, 0.4) is 0 Å². The van der Waals surface area contributed by atoms with Gasteiger partial charge in [-0.05, 0) is 83.9 Å². The Labute approximate surface area is 238 Å². The van der Waals surface area contributed by atoms with E-state index in [9.17, 15) is 14.4 Å². The van der Waals surface area contributed by atoms with Crippen molar-refractivity contribution in [2.75, 3.05) is 5.32 Å². The van der Waals surface area contributed by atoms with E-state index in [-0.39, 0.29) is 41.9 Å². The Morgan fingerprint density at radius 3 is 2.62 bits per heavy atom. The highest BCUT2D eigenvalue weighted by Gasteiger charge is 2.56. The molecule has 1 saturated heterocycles. The van der Waals surface area contributed by atoms with Crippen LogP contribution in [0.15, 0.2) is 47.3 Å². The highest BCUT2D eigenvalue weighted by molar-refractivity contribution is 9.10. The molecular formula is C28H26BrN7O4. The van der Waals surface area contributed by atoms with E-state index in [1.165, 1.54) is 11.6 Å². The zero-order chi connectivity index (χ0) is 28.1. The van der Waals surface area contributed by atoms with Crippen molar-refractivity contribution >= 4 is 50.2 Å². The van der Waals surface area contributed by atoms with Crippen LogP contribution in [-0.4, -0.2) is 59.3 Å². The van der Waals surface area contributed by atoms with E-state index < -0.39 is 6.04 Å². The van der Waals surface area contributed by atoms with Crippen molar-refractivity contribution in [1.82, 2.24) is 29.6 Å². The predicted octanol–water partition coefficient (Wildman–Crippen LogP) is 4.22. The molecule has 3 atom stereocenters. The number of piperidine rings is 1. The van der Waals surface area contributed by atoms with Gasteiger partial charge in [0.15, 0.2) is 5.78 Å². The number of rotatable bonds is 7. The molecule has 204 valence electrons. The number of ketones is 1. The van der Waals surface area contributed by atoms with E-state index in [4.69, 9.17) is 4.74 Å². The molecule has 2 aliphatic rings. The maximum absolute atomic E-state index is 13.6. The molecule has 1 aliphatic heterocycles. The fraction of sp³-hybridized carbons (Fsp3) is 0.321. The van der Waals surface area contributed by atoms with Crippen LogP contribution < -0.4 is 10.1 Å². The van der Waals surface area contributed by atoms with Gasteiger partial charge < -0.3 is 15.0 Å². The summed E-state index contributed by atoms with van der Waals surface area (Å²) in [5, 5.41) is 7.93. The first kappa shape index (κ1) is 26.1. The van der Waals surface area contributed by atoms with Gasteiger partial charge in [0.05, 0.1) is 5.52 Å². The number of anilines is 1. The smallest absolute Gasteiger partial charge is 0.321 e. The summed E-state index contributed by atoms with van der Waals surface area (Å²) >= 11 is 3.34. The van der Waals surface area contributed by atoms with E-state index in [1.807, 2.05) is 19.9 Å². The van der Waals surface area contributed by atoms with Gasteiger partial charge in [0.2, 0.25) is 11.8 Å². The first-order valence-corrected chi connectivity index (χ1v) is 13.7. The van der Waals surface area contributed by atoms with Crippen molar-refractivity contribution in [2.24, 2.45) is 5.92 Å². The second-order valence-electron chi connectivity index (χ2n) is 10.3. The molecule has 40 heavy (non-hydrogen) atoms. The lowest BCUT2D eigenvalue weighted by Crippen LogP contribution is -2.47. The number of benzene rings is 1. The van der Waals surface area contributed by atoms with Gasteiger partial charge in [-0.1, -0.05) is 6.07 Å². The van der Waals surface area contributed by atoms with Gasteiger partial charge in [0, 0.05) is 30.7 Å². The third-order valence-electron chi connectivity index (χ3n) is 7.31. The lowest BCUT2D eigenvalue weighted by Gasteiger charge is -2.27. The average molecular weight is 604 g/mol. The molecule has 12 heteroatoms. The van der Waals surface area contributed by atoms with Gasteiger partial charge in [-0.15, -0.1) is 0 Å². The monoisotopic (exact) mass is 603 g/mol. The largest absolute Gasteiger partial charge is 0.424 e. The van der Waals surface area contributed by atoms with Crippen molar-refractivity contribution in [1.29, 1.82) is 0 Å². The van der Waals surface area contributed by atoms with E-state index in [2.05, 4.69) is 41.3 Å². The Hall–Kier alpha value is -4.19. The molecule has 6 rings (SSSR count). The Morgan fingerprint density at radius 1 is 1.10 bits per heavy atom. The molecule has 0 radical (unpaired) electrons. The molecule has 0 spiro atoms. The quantitative estimate of drug-likeness (QED) is 0.245. The fourth-order valence-corrected chi connectivity index (χ4v) is 5.54. The summed E-state index contributed by atoms with van der Waals surface area (Å²) < 4.78 is 7.91. The summed E-state index contributed by atoms with van der Waals surface area (Å²) in [6, 6.07) is 8.45. The number of halogens is 1. The van der Waals surface area contributed by atoms with Crippen LogP contribution in [0.4, 0.5) is 5.82 Å². The number of nitrogens with zero attached hydrogens (tertiary/aromatic N) is 6. The van der Waals surface area contributed by atoms with Crippen molar-refractivity contribution in [3.63, 3.8) is 0 Å². The van der Waals surface area contributed by atoms with E-state index in [0.717, 1.165) is 17.5 Å². The highest BCUT2D eigenvalue weighted by Crippen LogP contribution is 2.48. The second kappa shape index (κ2) is 10.1. The maximum atomic E-state index is 13.6. The van der Waals surface area contributed by atoms with E-state index in [1.54, 1.807) is 41.6 Å². The molecular weight excluding hydrogens is 578 g/mol.